The van der Waals surface area contributed by atoms with E-state index in [-0.39, 0.29) is 28.5 Å². The molecule has 3 nitrogen and oxygen atoms in total. The lowest BCUT2D eigenvalue weighted by atomic mass is 10.2. The van der Waals surface area contributed by atoms with Crippen molar-refractivity contribution in [2.45, 2.75) is 4.90 Å². The summed E-state index contributed by atoms with van der Waals surface area (Å²) in [5, 5.41) is 10.9. The Labute approximate surface area is 133 Å². The topological polar surface area (TPSA) is 49.3 Å². The van der Waals surface area contributed by atoms with E-state index in [0.29, 0.717) is 12.1 Å². The lowest BCUT2D eigenvalue weighted by molar-refractivity contribution is 0.102. The van der Waals surface area contributed by atoms with E-state index in [1.54, 1.807) is 0 Å². The molecule has 0 radical (unpaired) electrons. The number of nitrogens with one attached hydrogen (secondary N) is 1. The molecule has 0 fully saturated rings. The average molecular weight is 345 g/mol. The second-order valence-electron chi connectivity index (χ2n) is 4.43. The van der Waals surface area contributed by atoms with Crippen LogP contribution in [0, 0.1) is 23.3 Å². The molecule has 2 N–H and O–H groups in total. The Morgan fingerprint density at radius 2 is 1.70 bits per heavy atom. The number of rotatable bonds is 5. The third-order valence-electron chi connectivity index (χ3n) is 2.78. The van der Waals surface area contributed by atoms with Crippen LogP contribution < -0.4 is 5.32 Å². The Balaban J connectivity index is 2.21. The van der Waals surface area contributed by atoms with Gasteiger partial charge in [-0.25, -0.2) is 17.6 Å². The molecule has 23 heavy (non-hydrogen) atoms. The SMILES string of the molecule is O=C(Nc1cc(F)c(F)c(F)c1)c1ccc(F)c(SCCO)c1. The normalized spacial score (nSPS) is 10.7. The maximum Gasteiger partial charge on any atom is 0.255 e. The summed E-state index contributed by atoms with van der Waals surface area (Å²) in [5.74, 6) is -5.54. The molecule has 0 aliphatic heterocycles. The molecular weight excluding hydrogens is 334 g/mol. The summed E-state index contributed by atoms with van der Waals surface area (Å²) in [6.45, 7) is -0.158. The van der Waals surface area contributed by atoms with E-state index < -0.39 is 29.2 Å². The van der Waals surface area contributed by atoms with E-state index in [0.717, 1.165) is 17.8 Å². The Morgan fingerprint density at radius 1 is 1.04 bits per heavy atom. The van der Waals surface area contributed by atoms with E-state index in [4.69, 9.17) is 5.11 Å². The number of benzene rings is 2. The van der Waals surface area contributed by atoms with Crippen LogP contribution in [-0.2, 0) is 0 Å². The first-order chi connectivity index (χ1) is 10.9. The minimum absolute atomic E-state index is 0.0528. The minimum atomic E-state index is -1.63. The summed E-state index contributed by atoms with van der Waals surface area (Å²) in [6.07, 6.45) is 0. The molecule has 0 atom stereocenters. The van der Waals surface area contributed by atoms with Gasteiger partial charge in [0.1, 0.15) is 5.82 Å². The van der Waals surface area contributed by atoms with Gasteiger partial charge in [-0.2, -0.15) is 0 Å². The van der Waals surface area contributed by atoms with Crippen molar-refractivity contribution in [3.05, 3.63) is 59.2 Å². The molecule has 0 saturated heterocycles. The summed E-state index contributed by atoms with van der Waals surface area (Å²) in [5.41, 5.74) is -0.211. The average Bonchev–Trinajstić information content (AvgIpc) is 2.51. The van der Waals surface area contributed by atoms with Crippen LogP contribution in [0.5, 0.6) is 0 Å². The third kappa shape index (κ3) is 4.23. The van der Waals surface area contributed by atoms with Crippen LogP contribution in [0.25, 0.3) is 0 Å². The summed E-state index contributed by atoms with van der Waals surface area (Å²) >= 11 is 1.02. The highest BCUT2D eigenvalue weighted by Gasteiger charge is 2.14. The second-order valence-corrected chi connectivity index (χ2v) is 5.56. The number of anilines is 1. The Kier molecular flexibility index (Phi) is 5.62. The minimum Gasteiger partial charge on any atom is -0.396 e. The molecule has 2 rings (SSSR count). The lowest BCUT2D eigenvalue weighted by Gasteiger charge is -2.08. The number of aliphatic hydroxyl groups is 1. The van der Waals surface area contributed by atoms with Gasteiger partial charge < -0.3 is 10.4 Å². The van der Waals surface area contributed by atoms with Crippen LogP contribution in [0.15, 0.2) is 35.2 Å². The first-order valence-electron chi connectivity index (χ1n) is 6.41. The number of hydrogen-bond acceptors (Lipinski definition) is 3. The molecule has 0 bridgehead atoms. The number of carbonyl (C=O) groups is 1. The Bertz CT molecular complexity index is 716. The van der Waals surface area contributed by atoms with Gasteiger partial charge in [0.15, 0.2) is 17.5 Å². The molecule has 122 valence electrons. The monoisotopic (exact) mass is 345 g/mol. The molecular formula is C15H11F4NO2S. The number of hydrogen-bond donors (Lipinski definition) is 2. The number of aliphatic hydroxyl groups excluding tert-OH is 1. The highest BCUT2D eigenvalue weighted by atomic mass is 32.2. The van der Waals surface area contributed by atoms with Crippen molar-refractivity contribution >= 4 is 23.4 Å². The van der Waals surface area contributed by atoms with Gasteiger partial charge in [-0.05, 0) is 18.2 Å². The van der Waals surface area contributed by atoms with Crippen LogP contribution >= 0.6 is 11.8 Å². The van der Waals surface area contributed by atoms with Gasteiger partial charge in [-0.1, -0.05) is 0 Å². The van der Waals surface area contributed by atoms with Gasteiger partial charge in [-0.3, -0.25) is 4.79 Å². The van der Waals surface area contributed by atoms with Crippen LogP contribution in [0.2, 0.25) is 0 Å². The first kappa shape index (κ1) is 17.3. The maximum absolute atomic E-state index is 13.6. The molecule has 0 saturated carbocycles. The van der Waals surface area contributed by atoms with Crippen molar-refractivity contribution in [2.24, 2.45) is 0 Å². The van der Waals surface area contributed by atoms with Gasteiger partial charge in [0.25, 0.3) is 5.91 Å². The number of amides is 1. The molecule has 0 aliphatic carbocycles. The Hall–Kier alpha value is -2.06. The highest BCUT2D eigenvalue weighted by Crippen LogP contribution is 2.24. The van der Waals surface area contributed by atoms with Crippen molar-refractivity contribution in [2.75, 3.05) is 17.7 Å². The molecule has 0 aliphatic rings. The zero-order valence-corrected chi connectivity index (χ0v) is 12.4. The van der Waals surface area contributed by atoms with Crippen molar-refractivity contribution < 1.29 is 27.5 Å². The van der Waals surface area contributed by atoms with Crippen LogP contribution in [-0.4, -0.2) is 23.4 Å². The third-order valence-corrected chi connectivity index (χ3v) is 3.79. The van der Waals surface area contributed by atoms with E-state index in [2.05, 4.69) is 5.32 Å². The molecule has 2 aromatic rings. The molecule has 0 unspecified atom stereocenters. The predicted octanol–water partition coefficient (Wildman–Crippen LogP) is 3.58. The number of carbonyl (C=O) groups excluding carboxylic acids is 1. The van der Waals surface area contributed by atoms with E-state index in [1.165, 1.54) is 12.1 Å². The smallest absolute Gasteiger partial charge is 0.255 e. The summed E-state index contributed by atoms with van der Waals surface area (Å²) in [6, 6.07) is 4.80. The zero-order chi connectivity index (χ0) is 17.0. The van der Waals surface area contributed by atoms with E-state index in [1.807, 2.05) is 0 Å². The highest BCUT2D eigenvalue weighted by molar-refractivity contribution is 7.99. The first-order valence-corrected chi connectivity index (χ1v) is 7.40. The largest absolute Gasteiger partial charge is 0.396 e. The van der Waals surface area contributed by atoms with Gasteiger partial charge in [0.05, 0.1) is 6.61 Å². The second kappa shape index (κ2) is 7.47. The Morgan fingerprint density at radius 3 is 2.30 bits per heavy atom. The van der Waals surface area contributed by atoms with Gasteiger partial charge >= 0.3 is 0 Å². The van der Waals surface area contributed by atoms with Crippen molar-refractivity contribution in [1.29, 1.82) is 0 Å². The quantitative estimate of drug-likeness (QED) is 0.495. The van der Waals surface area contributed by atoms with Crippen LogP contribution in [0.3, 0.4) is 0 Å². The van der Waals surface area contributed by atoms with Crippen LogP contribution in [0.4, 0.5) is 23.2 Å². The fourth-order valence-electron chi connectivity index (χ4n) is 1.74. The van der Waals surface area contributed by atoms with Gasteiger partial charge in [0.2, 0.25) is 0 Å². The lowest BCUT2D eigenvalue weighted by Crippen LogP contribution is -2.13. The summed E-state index contributed by atoms with van der Waals surface area (Å²) in [4.78, 5) is 12.2. The van der Waals surface area contributed by atoms with E-state index >= 15 is 0 Å². The maximum atomic E-state index is 13.6. The fraction of sp³-hybridized carbons (Fsp3) is 0.133. The fourth-order valence-corrected chi connectivity index (χ4v) is 2.47. The number of halogens is 4. The zero-order valence-electron chi connectivity index (χ0n) is 11.6. The summed E-state index contributed by atoms with van der Waals surface area (Å²) in [7, 11) is 0. The van der Waals surface area contributed by atoms with E-state index in [9.17, 15) is 22.4 Å². The number of thioether (sulfide) groups is 1. The van der Waals surface area contributed by atoms with Gasteiger partial charge in [0, 0.05) is 34.0 Å². The molecule has 2 aromatic carbocycles. The van der Waals surface area contributed by atoms with Crippen LogP contribution in [0.1, 0.15) is 10.4 Å². The molecule has 0 heterocycles. The van der Waals surface area contributed by atoms with Crippen molar-refractivity contribution in [3.8, 4) is 0 Å². The van der Waals surface area contributed by atoms with Crippen molar-refractivity contribution in [3.63, 3.8) is 0 Å². The molecule has 0 aromatic heterocycles. The molecule has 1 amide bonds. The standard InChI is InChI=1S/C15H11F4NO2S/c16-10-2-1-8(5-13(10)23-4-3-21)15(22)20-9-6-11(17)14(19)12(18)7-9/h1-2,5-7,21H,3-4H2,(H,20,22). The van der Waals surface area contributed by atoms with Gasteiger partial charge in [-0.15, -0.1) is 11.8 Å². The predicted molar refractivity (Wildman–Crippen MR) is 78.5 cm³/mol. The molecule has 0 spiro atoms. The molecule has 8 heteroatoms. The van der Waals surface area contributed by atoms with Crippen molar-refractivity contribution in [1.82, 2.24) is 0 Å². The summed E-state index contributed by atoms with van der Waals surface area (Å²) < 4.78 is 52.6.